The summed E-state index contributed by atoms with van der Waals surface area (Å²) in [5.74, 6) is 1.65. The van der Waals surface area contributed by atoms with Crippen molar-refractivity contribution in [1.29, 1.82) is 0 Å². The molecule has 2 N–H and O–H groups in total. The molecule has 0 saturated heterocycles. The van der Waals surface area contributed by atoms with Gasteiger partial charge in [0.05, 0.1) is 11.9 Å². The molecule has 4 nitrogen and oxygen atoms in total. The summed E-state index contributed by atoms with van der Waals surface area (Å²) in [6, 6.07) is 4.65. The summed E-state index contributed by atoms with van der Waals surface area (Å²) in [6.07, 6.45) is 9.52. The van der Waals surface area contributed by atoms with Crippen molar-refractivity contribution in [3.05, 3.63) is 36.3 Å². The molecule has 1 aliphatic carbocycles. The van der Waals surface area contributed by atoms with E-state index in [1.807, 2.05) is 18.5 Å². The van der Waals surface area contributed by atoms with Crippen LogP contribution in [0, 0.1) is 11.8 Å². The quantitative estimate of drug-likeness (QED) is 0.905. The summed E-state index contributed by atoms with van der Waals surface area (Å²) in [7, 11) is 0. The molecule has 0 bridgehead atoms. The molecule has 21 heavy (non-hydrogen) atoms. The van der Waals surface area contributed by atoms with Gasteiger partial charge in [-0.05, 0) is 43.2 Å². The van der Waals surface area contributed by atoms with Crippen LogP contribution in [0.1, 0.15) is 38.7 Å². The average molecular weight is 284 g/mol. The number of nitrogens with one attached hydrogen (secondary N) is 2. The minimum Gasteiger partial charge on any atom is -0.310 e. The van der Waals surface area contributed by atoms with Crippen molar-refractivity contribution in [1.82, 2.24) is 20.5 Å². The van der Waals surface area contributed by atoms with Gasteiger partial charge in [-0.1, -0.05) is 13.8 Å². The highest BCUT2D eigenvalue weighted by Crippen LogP contribution is 2.29. The van der Waals surface area contributed by atoms with Crippen LogP contribution in [0.4, 0.5) is 0 Å². The van der Waals surface area contributed by atoms with Gasteiger partial charge in [-0.25, -0.2) is 0 Å². The summed E-state index contributed by atoms with van der Waals surface area (Å²) in [5, 5.41) is 11.0. The molecule has 0 aromatic carbocycles. The monoisotopic (exact) mass is 284 g/mol. The second-order valence-electron chi connectivity index (χ2n) is 6.51. The summed E-state index contributed by atoms with van der Waals surface area (Å²) in [6.45, 7) is 5.59. The first kappa shape index (κ1) is 14.3. The molecular formula is C17H24N4. The van der Waals surface area contributed by atoms with Crippen molar-refractivity contribution in [3.63, 3.8) is 0 Å². The van der Waals surface area contributed by atoms with Gasteiger partial charge >= 0.3 is 0 Å². The predicted octanol–water partition coefficient (Wildman–Crippen LogP) is 3.39. The molecule has 0 amide bonds. The van der Waals surface area contributed by atoms with Crippen molar-refractivity contribution >= 4 is 0 Å². The normalized spacial score (nSPS) is 25.9. The standard InChI is InChI=1S/C17H24N4/c1-12-6-13(2)8-16(7-12)19-10-15-11-20-21-17(15)14-4-3-5-18-9-14/h3-5,9,11-13,16,19H,6-8,10H2,1-2H3,(H,20,21). The Bertz CT molecular complexity index is 553. The highest BCUT2D eigenvalue weighted by Gasteiger charge is 2.23. The average Bonchev–Trinajstić information content (AvgIpc) is 2.93. The third-order valence-corrected chi connectivity index (χ3v) is 4.43. The van der Waals surface area contributed by atoms with Gasteiger partial charge in [0.15, 0.2) is 0 Å². The Hall–Kier alpha value is -1.68. The number of aromatic amines is 1. The minimum atomic E-state index is 0.625. The van der Waals surface area contributed by atoms with E-state index in [0.717, 1.165) is 29.6 Å². The van der Waals surface area contributed by atoms with Crippen LogP contribution in [0.3, 0.4) is 0 Å². The zero-order valence-electron chi connectivity index (χ0n) is 12.8. The zero-order valence-corrected chi connectivity index (χ0v) is 12.8. The molecule has 3 rings (SSSR count). The van der Waals surface area contributed by atoms with E-state index in [-0.39, 0.29) is 0 Å². The molecule has 2 heterocycles. The molecule has 2 unspecified atom stereocenters. The Labute approximate surface area is 126 Å². The molecule has 4 heteroatoms. The lowest BCUT2D eigenvalue weighted by Gasteiger charge is -2.32. The van der Waals surface area contributed by atoms with Gasteiger partial charge in [0.25, 0.3) is 0 Å². The molecule has 1 aliphatic rings. The lowest BCUT2D eigenvalue weighted by Crippen LogP contribution is -2.35. The van der Waals surface area contributed by atoms with Crippen LogP contribution in [0.2, 0.25) is 0 Å². The third kappa shape index (κ3) is 3.50. The van der Waals surface area contributed by atoms with Crippen molar-refractivity contribution in [2.75, 3.05) is 0 Å². The summed E-state index contributed by atoms with van der Waals surface area (Å²) >= 11 is 0. The molecule has 0 radical (unpaired) electrons. The molecule has 112 valence electrons. The van der Waals surface area contributed by atoms with E-state index in [4.69, 9.17) is 0 Å². The van der Waals surface area contributed by atoms with Crippen LogP contribution in [0.15, 0.2) is 30.7 Å². The van der Waals surface area contributed by atoms with Crippen molar-refractivity contribution in [2.24, 2.45) is 11.8 Å². The Morgan fingerprint density at radius 1 is 1.19 bits per heavy atom. The lowest BCUT2D eigenvalue weighted by atomic mass is 9.80. The second kappa shape index (κ2) is 6.39. The second-order valence-corrected chi connectivity index (χ2v) is 6.51. The van der Waals surface area contributed by atoms with E-state index >= 15 is 0 Å². The van der Waals surface area contributed by atoms with E-state index in [1.54, 1.807) is 6.20 Å². The Kier molecular flexibility index (Phi) is 4.34. The molecule has 0 spiro atoms. The maximum atomic E-state index is 4.20. The summed E-state index contributed by atoms with van der Waals surface area (Å²) < 4.78 is 0. The van der Waals surface area contributed by atoms with Gasteiger partial charge in [0.1, 0.15) is 0 Å². The van der Waals surface area contributed by atoms with E-state index in [9.17, 15) is 0 Å². The zero-order chi connectivity index (χ0) is 14.7. The first-order chi connectivity index (χ1) is 10.2. The van der Waals surface area contributed by atoms with Gasteiger partial charge < -0.3 is 5.32 Å². The molecule has 2 aromatic heterocycles. The van der Waals surface area contributed by atoms with E-state index in [1.165, 1.54) is 24.8 Å². The molecule has 0 aliphatic heterocycles. The molecule has 2 atom stereocenters. The fraction of sp³-hybridized carbons (Fsp3) is 0.529. The van der Waals surface area contributed by atoms with E-state index in [0.29, 0.717) is 6.04 Å². The Morgan fingerprint density at radius 2 is 2.00 bits per heavy atom. The smallest absolute Gasteiger partial charge is 0.0710 e. The van der Waals surface area contributed by atoms with E-state index < -0.39 is 0 Å². The number of nitrogens with zero attached hydrogens (tertiary/aromatic N) is 2. The molecular weight excluding hydrogens is 260 g/mol. The number of pyridine rings is 1. The SMILES string of the molecule is CC1CC(C)CC(NCc2cn[nH]c2-c2cccnc2)C1. The topological polar surface area (TPSA) is 53.6 Å². The van der Waals surface area contributed by atoms with Crippen LogP contribution in [0.25, 0.3) is 11.3 Å². The number of H-pyrrole nitrogens is 1. The fourth-order valence-electron chi connectivity index (χ4n) is 3.57. The first-order valence-corrected chi connectivity index (χ1v) is 7.88. The van der Waals surface area contributed by atoms with Gasteiger partial charge in [-0.3, -0.25) is 10.1 Å². The van der Waals surface area contributed by atoms with Crippen molar-refractivity contribution in [2.45, 2.75) is 45.7 Å². The minimum absolute atomic E-state index is 0.625. The van der Waals surface area contributed by atoms with Crippen LogP contribution >= 0.6 is 0 Å². The summed E-state index contributed by atoms with van der Waals surface area (Å²) in [4.78, 5) is 4.18. The highest BCUT2D eigenvalue weighted by molar-refractivity contribution is 5.61. The molecule has 1 fully saturated rings. The fourth-order valence-corrected chi connectivity index (χ4v) is 3.57. The van der Waals surface area contributed by atoms with Crippen LogP contribution in [-0.4, -0.2) is 21.2 Å². The number of hydrogen-bond acceptors (Lipinski definition) is 3. The van der Waals surface area contributed by atoms with Gasteiger partial charge in [-0.2, -0.15) is 5.10 Å². The highest BCUT2D eigenvalue weighted by atomic mass is 15.1. The molecule has 1 saturated carbocycles. The number of hydrogen-bond donors (Lipinski definition) is 2. The lowest BCUT2D eigenvalue weighted by molar-refractivity contribution is 0.238. The van der Waals surface area contributed by atoms with Gasteiger partial charge in [0.2, 0.25) is 0 Å². The van der Waals surface area contributed by atoms with Gasteiger partial charge in [-0.15, -0.1) is 0 Å². The third-order valence-electron chi connectivity index (χ3n) is 4.43. The largest absolute Gasteiger partial charge is 0.310 e. The number of aromatic nitrogens is 3. The van der Waals surface area contributed by atoms with Crippen LogP contribution < -0.4 is 5.32 Å². The van der Waals surface area contributed by atoms with Crippen molar-refractivity contribution < 1.29 is 0 Å². The number of rotatable bonds is 4. The van der Waals surface area contributed by atoms with Crippen molar-refractivity contribution in [3.8, 4) is 11.3 Å². The Morgan fingerprint density at radius 3 is 2.71 bits per heavy atom. The van der Waals surface area contributed by atoms with Crippen LogP contribution in [-0.2, 0) is 6.54 Å². The van der Waals surface area contributed by atoms with Gasteiger partial charge in [0, 0.05) is 36.1 Å². The maximum absolute atomic E-state index is 4.20. The van der Waals surface area contributed by atoms with E-state index in [2.05, 4.69) is 40.4 Å². The Balaban J connectivity index is 1.65. The first-order valence-electron chi connectivity index (χ1n) is 7.88. The predicted molar refractivity (Wildman–Crippen MR) is 84.6 cm³/mol. The maximum Gasteiger partial charge on any atom is 0.0710 e. The molecule has 2 aromatic rings. The van der Waals surface area contributed by atoms with Crippen LogP contribution in [0.5, 0.6) is 0 Å². The summed E-state index contributed by atoms with van der Waals surface area (Å²) in [5.41, 5.74) is 3.39.